The van der Waals surface area contributed by atoms with E-state index in [0.29, 0.717) is 11.1 Å². The molecular weight excluding hydrogens is 496 g/mol. The molecule has 6 rings (SSSR count). The summed E-state index contributed by atoms with van der Waals surface area (Å²) >= 11 is 0. The molecule has 38 heavy (non-hydrogen) atoms. The standard InChI is InChI=1S/C28H34O10/c1-23(20(31)14-6-8-37-12-14)7-5-15-11-25(3)16(9-18(29)36-4)24(2)13-26(25,33)28(35,21(24)32)22-27(15,34)17(23)10-19(30)38-22/h6,8,11-12,16-17,21-22,32-35H,5,7,9-10,13H2,1-4H3. The van der Waals surface area contributed by atoms with E-state index in [1.165, 1.54) is 25.7 Å². The number of furan rings is 1. The summed E-state index contributed by atoms with van der Waals surface area (Å²) in [4.78, 5) is 39.3. The summed E-state index contributed by atoms with van der Waals surface area (Å²) in [5, 5.41) is 49.2. The van der Waals surface area contributed by atoms with Crippen molar-refractivity contribution >= 4 is 17.7 Å². The first-order valence-corrected chi connectivity index (χ1v) is 13.1. The van der Waals surface area contributed by atoms with Crippen molar-refractivity contribution in [2.75, 3.05) is 7.11 Å². The second-order valence-electron chi connectivity index (χ2n) is 12.8. The highest BCUT2D eigenvalue weighted by atomic mass is 16.6. The van der Waals surface area contributed by atoms with Crippen LogP contribution in [0, 0.1) is 28.1 Å². The fourth-order valence-electron chi connectivity index (χ4n) is 9.32. The van der Waals surface area contributed by atoms with Crippen molar-refractivity contribution in [1.29, 1.82) is 0 Å². The van der Waals surface area contributed by atoms with E-state index in [2.05, 4.69) is 0 Å². The first-order chi connectivity index (χ1) is 17.6. The van der Waals surface area contributed by atoms with Gasteiger partial charge in [0, 0.05) is 28.6 Å². The van der Waals surface area contributed by atoms with Gasteiger partial charge < -0.3 is 34.3 Å². The minimum atomic E-state index is -2.48. The van der Waals surface area contributed by atoms with E-state index >= 15 is 0 Å². The maximum Gasteiger partial charge on any atom is 0.306 e. The van der Waals surface area contributed by atoms with Crippen molar-refractivity contribution in [2.45, 2.75) is 81.9 Å². The fraction of sp³-hybridized carbons (Fsp3) is 0.679. The smallest absolute Gasteiger partial charge is 0.306 e. The van der Waals surface area contributed by atoms with Crippen LogP contribution in [0.15, 0.2) is 34.7 Å². The predicted octanol–water partition coefficient (Wildman–Crippen LogP) is 1.30. The zero-order valence-corrected chi connectivity index (χ0v) is 21.9. The molecule has 0 aromatic carbocycles. The van der Waals surface area contributed by atoms with Crippen molar-refractivity contribution in [2.24, 2.45) is 28.1 Å². The molecule has 0 spiro atoms. The molecule has 10 atom stereocenters. The zero-order chi connectivity index (χ0) is 27.7. The molecule has 10 nitrogen and oxygen atoms in total. The number of aliphatic hydroxyl groups is 4. The predicted molar refractivity (Wildman–Crippen MR) is 128 cm³/mol. The van der Waals surface area contributed by atoms with Crippen molar-refractivity contribution in [3.05, 3.63) is 35.8 Å². The van der Waals surface area contributed by atoms with Crippen LogP contribution in [0.3, 0.4) is 0 Å². The van der Waals surface area contributed by atoms with E-state index in [1.807, 2.05) is 0 Å². The number of methoxy groups -OCH3 is 1. The molecule has 1 aromatic rings. The van der Waals surface area contributed by atoms with Gasteiger partial charge in [-0.05, 0) is 36.8 Å². The van der Waals surface area contributed by atoms with Gasteiger partial charge in [0.1, 0.15) is 17.5 Å². The van der Waals surface area contributed by atoms with Crippen molar-refractivity contribution in [3.8, 4) is 0 Å². The molecule has 0 radical (unpaired) electrons. The van der Waals surface area contributed by atoms with E-state index in [9.17, 15) is 34.8 Å². The Morgan fingerprint density at radius 2 is 1.89 bits per heavy atom. The molecule has 4 fully saturated rings. The van der Waals surface area contributed by atoms with Gasteiger partial charge >= 0.3 is 11.9 Å². The number of esters is 2. The molecule has 2 bridgehead atoms. The normalized spacial score (nSPS) is 50.5. The Hall–Kier alpha value is -2.53. The Labute approximate surface area is 219 Å². The zero-order valence-electron chi connectivity index (χ0n) is 21.9. The van der Waals surface area contributed by atoms with Gasteiger partial charge in [-0.15, -0.1) is 0 Å². The Bertz CT molecular complexity index is 1270. The molecule has 10 unspecified atom stereocenters. The third kappa shape index (κ3) is 2.56. The summed E-state index contributed by atoms with van der Waals surface area (Å²) in [7, 11) is 1.26. The molecule has 0 amide bonds. The average Bonchev–Trinajstić information content (AvgIpc) is 3.50. The fourth-order valence-corrected chi connectivity index (χ4v) is 9.32. The van der Waals surface area contributed by atoms with Crippen LogP contribution >= 0.6 is 0 Å². The van der Waals surface area contributed by atoms with Crippen LogP contribution in [0.25, 0.3) is 0 Å². The van der Waals surface area contributed by atoms with E-state index in [0.717, 1.165) is 0 Å². The number of carbonyl (C=O) groups is 3. The molecule has 5 aliphatic rings. The van der Waals surface area contributed by atoms with Gasteiger partial charge in [0.15, 0.2) is 17.5 Å². The molecule has 206 valence electrons. The maximum atomic E-state index is 13.8. The molecule has 2 heterocycles. The number of fused-ring (bicyclic) bond motifs is 2. The lowest BCUT2D eigenvalue weighted by atomic mass is 9.50. The maximum absolute atomic E-state index is 13.8. The summed E-state index contributed by atoms with van der Waals surface area (Å²) in [5.41, 5.74) is -9.62. The van der Waals surface area contributed by atoms with E-state index < -0.39 is 69.0 Å². The van der Waals surface area contributed by atoms with Crippen LogP contribution in [0.5, 0.6) is 0 Å². The number of carbonyl (C=O) groups excluding carboxylic acids is 3. The summed E-state index contributed by atoms with van der Waals surface area (Å²) < 4.78 is 15.7. The second kappa shape index (κ2) is 7.35. The Balaban J connectivity index is 1.59. The first kappa shape index (κ1) is 25.7. The first-order valence-electron chi connectivity index (χ1n) is 13.1. The van der Waals surface area contributed by atoms with Crippen LogP contribution in [-0.4, -0.2) is 74.3 Å². The third-order valence-corrected chi connectivity index (χ3v) is 11.3. The Morgan fingerprint density at radius 1 is 1.18 bits per heavy atom. The number of ether oxygens (including phenoxy) is 2. The number of aliphatic hydroxyl groups excluding tert-OH is 1. The molecule has 3 saturated carbocycles. The molecule has 4 aliphatic carbocycles. The van der Waals surface area contributed by atoms with Gasteiger partial charge in [0.25, 0.3) is 0 Å². The minimum Gasteiger partial charge on any atom is -0.472 e. The van der Waals surface area contributed by atoms with Gasteiger partial charge in [-0.25, -0.2) is 0 Å². The molecule has 10 heteroatoms. The molecule has 4 N–H and O–H groups in total. The minimum absolute atomic E-state index is 0.0976. The number of Topliss-reactive ketones (excluding diaryl/α,β-unsaturated/α-hetero) is 1. The quantitative estimate of drug-likeness (QED) is 0.253. The van der Waals surface area contributed by atoms with Crippen molar-refractivity contribution < 1.29 is 48.7 Å². The van der Waals surface area contributed by atoms with E-state index in [-0.39, 0.29) is 37.9 Å². The highest BCUT2D eigenvalue weighted by Crippen LogP contribution is 2.77. The van der Waals surface area contributed by atoms with Crippen molar-refractivity contribution in [1.82, 2.24) is 0 Å². The monoisotopic (exact) mass is 530 g/mol. The SMILES string of the molecule is COC(=O)CC1C2(C)CC3(O)C1(C)C=C1CCC(C)(C(=O)c4ccoc4)C4CC(=O)OC(C14O)C3(O)C2O. The van der Waals surface area contributed by atoms with Gasteiger partial charge in [-0.1, -0.05) is 26.8 Å². The topological polar surface area (TPSA) is 164 Å². The lowest BCUT2D eigenvalue weighted by Gasteiger charge is -2.61. The molecule has 1 aromatic heterocycles. The molecule has 1 aliphatic heterocycles. The van der Waals surface area contributed by atoms with Gasteiger partial charge in [0.05, 0.1) is 31.5 Å². The average molecular weight is 531 g/mol. The lowest BCUT2D eigenvalue weighted by Crippen LogP contribution is -2.78. The second-order valence-corrected chi connectivity index (χ2v) is 12.8. The van der Waals surface area contributed by atoms with Crippen LogP contribution in [0.4, 0.5) is 0 Å². The number of hydrogen-bond donors (Lipinski definition) is 4. The lowest BCUT2D eigenvalue weighted by molar-refractivity contribution is -0.314. The van der Waals surface area contributed by atoms with Crippen LogP contribution in [0.1, 0.15) is 63.2 Å². The Kier molecular flexibility index (Phi) is 4.98. The highest BCUT2D eigenvalue weighted by Gasteiger charge is 2.88. The van der Waals surface area contributed by atoms with E-state index in [4.69, 9.17) is 13.9 Å². The number of rotatable bonds is 4. The van der Waals surface area contributed by atoms with Crippen LogP contribution < -0.4 is 0 Å². The summed E-state index contributed by atoms with van der Waals surface area (Å²) in [6.07, 6.45) is 0.967. The van der Waals surface area contributed by atoms with Gasteiger partial charge in [-0.3, -0.25) is 14.4 Å². The third-order valence-electron chi connectivity index (χ3n) is 11.3. The largest absolute Gasteiger partial charge is 0.472 e. The van der Waals surface area contributed by atoms with Crippen molar-refractivity contribution in [3.63, 3.8) is 0 Å². The van der Waals surface area contributed by atoms with E-state index in [1.54, 1.807) is 26.8 Å². The summed E-state index contributed by atoms with van der Waals surface area (Å²) in [6.45, 7) is 5.08. The molecular formula is C28H34O10. The number of hydrogen-bond acceptors (Lipinski definition) is 10. The van der Waals surface area contributed by atoms with Crippen LogP contribution in [-0.2, 0) is 19.1 Å². The van der Waals surface area contributed by atoms with Gasteiger partial charge in [0.2, 0.25) is 0 Å². The summed E-state index contributed by atoms with van der Waals surface area (Å²) in [5.74, 6) is -3.27. The Morgan fingerprint density at radius 3 is 2.53 bits per heavy atom. The van der Waals surface area contributed by atoms with Crippen LogP contribution in [0.2, 0.25) is 0 Å². The number of ketones is 1. The van der Waals surface area contributed by atoms with Gasteiger partial charge in [-0.2, -0.15) is 0 Å². The summed E-state index contributed by atoms with van der Waals surface area (Å²) in [6, 6.07) is 1.52. The highest BCUT2D eigenvalue weighted by molar-refractivity contribution is 6.01. The molecule has 1 saturated heterocycles.